The molecule has 1 saturated heterocycles. The van der Waals surface area contributed by atoms with Crippen LogP contribution >= 0.6 is 0 Å². The van der Waals surface area contributed by atoms with E-state index in [1.165, 1.54) is 38.5 Å². The van der Waals surface area contributed by atoms with Crippen LogP contribution in [0.3, 0.4) is 0 Å². The van der Waals surface area contributed by atoms with Gasteiger partial charge in [0.25, 0.3) is 0 Å². The first-order valence-electron chi connectivity index (χ1n) is 16.3. The van der Waals surface area contributed by atoms with Gasteiger partial charge in [-0.1, -0.05) is 64.5 Å². The molecule has 0 aromatic heterocycles. The summed E-state index contributed by atoms with van der Waals surface area (Å²) in [5.41, 5.74) is 2.82. The largest absolute Gasteiger partial charge is 0.462 e. The van der Waals surface area contributed by atoms with Crippen LogP contribution in [0.5, 0.6) is 0 Å². The zero-order chi connectivity index (χ0) is 28.2. The minimum Gasteiger partial charge on any atom is -0.462 e. The van der Waals surface area contributed by atoms with Crippen LogP contribution in [0, 0.1) is 52.3 Å². The normalized spacial score (nSPS) is 41.7. The Morgan fingerprint density at radius 2 is 1.75 bits per heavy atom. The van der Waals surface area contributed by atoms with Gasteiger partial charge in [0, 0.05) is 12.3 Å². The quantitative estimate of drug-likeness (QED) is 0.275. The monoisotopic (exact) mass is 546 g/mol. The van der Waals surface area contributed by atoms with Gasteiger partial charge in [-0.3, -0.25) is 4.79 Å². The van der Waals surface area contributed by atoms with E-state index in [-0.39, 0.29) is 29.6 Å². The van der Waals surface area contributed by atoms with E-state index >= 15 is 0 Å². The average molecular weight is 547 g/mol. The van der Waals surface area contributed by atoms with Crippen LogP contribution in [0.1, 0.15) is 109 Å². The highest BCUT2D eigenvalue weighted by Crippen LogP contribution is 2.67. The molecule has 1 heterocycles. The van der Waals surface area contributed by atoms with Crippen LogP contribution in [-0.2, 0) is 14.3 Å². The number of carbonyl (C=O) groups is 2. The zero-order valence-corrected chi connectivity index (χ0v) is 25.4. The molecule has 5 aliphatic rings. The fourth-order valence-electron chi connectivity index (χ4n) is 10.3. The second-order valence-electron chi connectivity index (χ2n) is 14.9. The summed E-state index contributed by atoms with van der Waals surface area (Å²) in [4.78, 5) is 25.3. The van der Waals surface area contributed by atoms with Gasteiger partial charge in [-0.2, -0.15) is 0 Å². The van der Waals surface area contributed by atoms with Crippen molar-refractivity contribution < 1.29 is 19.1 Å². The first kappa shape index (κ1) is 28.0. The van der Waals surface area contributed by atoms with E-state index in [1.54, 1.807) is 5.57 Å². The molecule has 1 aromatic carbocycles. The Morgan fingerprint density at radius 1 is 0.975 bits per heavy atom. The first-order valence-corrected chi connectivity index (χ1v) is 16.3. The predicted molar refractivity (Wildman–Crippen MR) is 157 cm³/mol. The molecule has 0 amide bonds. The lowest BCUT2D eigenvalue weighted by Gasteiger charge is -2.61. The van der Waals surface area contributed by atoms with Gasteiger partial charge in [0.05, 0.1) is 5.56 Å². The second kappa shape index (κ2) is 10.6. The number of esters is 2. The summed E-state index contributed by atoms with van der Waals surface area (Å²) in [5, 5.41) is 0. The van der Waals surface area contributed by atoms with E-state index in [2.05, 4.69) is 40.7 Å². The third-order valence-electron chi connectivity index (χ3n) is 12.8. The molecule has 4 heteroatoms. The smallest absolute Gasteiger partial charge is 0.338 e. The van der Waals surface area contributed by atoms with Gasteiger partial charge in [0.15, 0.2) is 0 Å². The van der Waals surface area contributed by atoms with E-state index in [4.69, 9.17) is 9.47 Å². The summed E-state index contributed by atoms with van der Waals surface area (Å²) in [6, 6.07) is 9.45. The van der Waals surface area contributed by atoms with E-state index in [1.807, 2.05) is 30.3 Å². The Balaban J connectivity index is 1.12. The highest BCUT2D eigenvalue weighted by atomic mass is 16.5. The molecule has 0 bridgehead atoms. The van der Waals surface area contributed by atoms with Crippen molar-refractivity contribution in [3.63, 3.8) is 0 Å². The summed E-state index contributed by atoms with van der Waals surface area (Å²) < 4.78 is 12.0. The molecule has 0 N–H and O–H groups in total. The fourth-order valence-corrected chi connectivity index (χ4v) is 10.3. The van der Waals surface area contributed by atoms with Crippen LogP contribution in [0.4, 0.5) is 0 Å². The highest BCUT2D eigenvalue weighted by molar-refractivity contribution is 5.89. The van der Waals surface area contributed by atoms with E-state index in [9.17, 15) is 9.59 Å². The molecule has 40 heavy (non-hydrogen) atoms. The number of ether oxygens (including phenoxy) is 2. The van der Waals surface area contributed by atoms with Crippen molar-refractivity contribution in [3.8, 4) is 0 Å². The lowest BCUT2D eigenvalue weighted by atomic mass is 9.44. The highest BCUT2D eigenvalue weighted by Gasteiger charge is 2.59. The Kier molecular flexibility index (Phi) is 7.45. The number of allylic oxidation sites excluding steroid dienone is 1. The molecule has 1 aliphatic heterocycles. The first-order chi connectivity index (χ1) is 19.1. The molecular formula is C36H50O4. The Hall–Kier alpha value is -2.10. The molecule has 4 fully saturated rings. The minimum atomic E-state index is -0.168. The Labute approximate surface area is 241 Å². The van der Waals surface area contributed by atoms with Gasteiger partial charge in [0.1, 0.15) is 12.2 Å². The van der Waals surface area contributed by atoms with Gasteiger partial charge in [-0.05, 0) is 116 Å². The molecule has 5 unspecified atom stereocenters. The summed E-state index contributed by atoms with van der Waals surface area (Å²) in [6.45, 7) is 11.9. The maximum Gasteiger partial charge on any atom is 0.338 e. The predicted octanol–water partition coefficient (Wildman–Crippen LogP) is 8.40. The molecule has 0 radical (unpaired) electrons. The molecule has 10 atom stereocenters. The van der Waals surface area contributed by atoms with E-state index in [0.29, 0.717) is 47.0 Å². The van der Waals surface area contributed by atoms with Crippen molar-refractivity contribution in [1.29, 1.82) is 0 Å². The number of hydrogen-bond donors (Lipinski definition) is 0. The Morgan fingerprint density at radius 3 is 2.50 bits per heavy atom. The number of benzene rings is 1. The zero-order valence-electron chi connectivity index (χ0n) is 25.4. The summed E-state index contributed by atoms with van der Waals surface area (Å²) in [5.74, 6) is 3.97. The van der Waals surface area contributed by atoms with E-state index < -0.39 is 0 Å². The van der Waals surface area contributed by atoms with Gasteiger partial charge in [-0.25, -0.2) is 4.79 Å². The number of cyclic esters (lactones) is 1. The van der Waals surface area contributed by atoms with Crippen LogP contribution in [0.25, 0.3) is 0 Å². The van der Waals surface area contributed by atoms with Crippen molar-refractivity contribution in [2.75, 3.05) is 0 Å². The van der Waals surface area contributed by atoms with Crippen molar-refractivity contribution in [3.05, 3.63) is 47.5 Å². The van der Waals surface area contributed by atoms with E-state index in [0.717, 1.165) is 31.1 Å². The maximum atomic E-state index is 12.8. The van der Waals surface area contributed by atoms with Crippen molar-refractivity contribution in [2.24, 2.45) is 52.3 Å². The molecule has 4 aliphatic carbocycles. The summed E-state index contributed by atoms with van der Waals surface area (Å²) in [7, 11) is 0. The van der Waals surface area contributed by atoms with Crippen molar-refractivity contribution in [1.82, 2.24) is 0 Å². The van der Waals surface area contributed by atoms with Crippen LogP contribution < -0.4 is 0 Å². The van der Waals surface area contributed by atoms with Gasteiger partial charge in [0.2, 0.25) is 0 Å². The molecule has 1 aromatic rings. The number of carbonyl (C=O) groups excluding carboxylic acids is 2. The maximum absolute atomic E-state index is 12.8. The third-order valence-corrected chi connectivity index (χ3v) is 12.8. The lowest BCUT2D eigenvalue weighted by molar-refractivity contribution is -0.161. The fraction of sp³-hybridized carbons (Fsp3) is 0.722. The number of rotatable bonds is 5. The minimum absolute atomic E-state index is 0.00195. The van der Waals surface area contributed by atoms with Crippen LogP contribution in [0.2, 0.25) is 0 Å². The summed E-state index contributed by atoms with van der Waals surface area (Å²) >= 11 is 0. The van der Waals surface area contributed by atoms with Crippen LogP contribution in [-0.4, -0.2) is 24.1 Å². The van der Waals surface area contributed by atoms with Crippen molar-refractivity contribution >= 4 is 11.9 Å². The van der Waals surface area contributed by atoms with Gasteiger partial charge in [-0.15, -0.1) is 0 Å². The molecule has 218 valence electrons. The molecular weight excluding hydrogens is 496 g/mol. The third kappa shape index (κ3) is 4.75. The average Bonchev–Trinajstić information content (AvgIpc) is 3.30. The van der Waals surface area contributed by atoms with Gasteiger partial charge >= 0.3 is 11.9 Å². The molecule has 4 nitrogen and oxygen atoms in total. The Bertz CT molecular complexity index is 1140. The lowest BCUT2D eigenvalue weighted by Crippen LogP contribution is -2.54. The van der Waals surface area contributed by atoms with Crippen LogP contribution in [0.15, 0.2) is 42.0 Å². The standard InChI is InChI=1S/C36H50O4/c1-22(2)25-19-32(40-33(37)20-25)23(3)29-13-14-30-28-12-11-26-21-27(39-34(38)24-9-7-6-8-10-24)15-17-35(26,4)31(28)16-18-36(29,30)5/h6-10,13,22-23,25-28,30-32H,11-12,14-21H2,1-5H3/t23-,25+,26?,27-,28?,30?,31?,32?,35-,36+/m0/s1. The topological polar surface area (TPSA) is 52.6 Å². The second-order valence-corrected chi connectivity index (χ2v) is 14.9. The molecule has 0 spiro atoms. The van der Waals surface area contributed by atoms with Gasteiger partial charge < -0.3 is 9.47 Å². The molecule has 6 rings (SSSR count). The SMILES string of the molecule is CC(C)[C@H]1CC(=O)OC([C@@H](C)C2=CCC3C4CCC5C[C@@H](OC(=O)c6ccccc6)CC[C@]5(C)C4CC[C@]23C)C1. The number of fused-ring (bicyclic) bond motifs is 5. The van der Waals surface area contributed by atoms with Crippen molar-refractivity contribution in [2.45, 2.75) is 111 Å². The molecule has 3 saturated carbocycles. The summed E-state index contributed by atoms with van der Waals surface area (Å²) in [6.07, 6.45) is 13.7. The number of hydrogen-bond acceptors (Lipinski definition) is 4.